The van der Waals surface area contributed by atoms with Crippen molar-refractivity contribution in [2.75, 3.05) is 16.9 Å². The largest absolute Gasteiger partial charge is 0.366 e. The Morgan fingerprint density at radius 2 is 1.96 bits per heavy atom. The predicted octanol–water partition coefficient (Wildman–Crippen LogP) is 5.63. The maximum Gasteiger partial charge on any atom is 0.0561 e. The van der Waals surface area contributed by atoms with Gasteiger partial charge in [-0.25, -0.2) is 0 Å². The van der Waals surface area contributed by atoms with Crippen molar-refractivity contribution in [2.24, 2.45) is 5.10 Å². The molecule has 1 atom stereocenters. The standard InChI is InChI=1S/C22H29N3/c1-5-13-25-21-12-11-18(14-20(21)17(2)15-22(25,3)4)16-23-24-19-9-7-6-8-10-19/h6-12,14,16-17,24H,5,13,15H2,1-4H3/b23-16-. The van der Waals surface area contributed by atoms with Crippen LogP contribution in [0.3, 0.4) is 0 Å². The number of rotatable bonds is 5. The molecule has 1 N–H and O–H groups in total. The number of hydrogen-bond donors (Lipinski definition) is 1. The molecule has 1 unspecified atom stereocenters. The number of nitrogens with one attached hydrogen (secondary N) is 1. The SMILES string of the molecule is CCCN1c2ccc(/C=N\Nc3ccccc3)cc2C(C)CC1(C)C. The van der Waals surface area contributed by atoms with Gasteiger partial charge in [-0.3, -0.25) is 5.43 Å². The Morgan fingerprint density at radius 3 is 2.68 bits per heavy atom. The van der Waals surface area contributed by atoms with Gasteiger partial charge in [-0.2, -0.15) is 5.10 Å². The summed E-state index contributed by atoms with van der Waals surface area (Å²) in [6.07, 6.45) is 4.26. The summed E-state index contributed by atoms with van der Waals surface area (Å²) >= 11 is 0. The van der Waals surface area contributed by atoms with E-state index in [2.05, 4.69) is 61.3 Å². The van der Waals surface area contributed by atoms with Gasteiger partial charge in [0.1, 0.15) is 0 Å². The molecule has 1 aliphatic heterocycles. The molecule has 132 valence electrons. The van der Waals surface area contributed by atoms with Crippen LogP contribution in [0.5, 0.6) is 0 Å². The molecule has 0 aromatic heterocycles. The molecule has 3 rings (SSSR count). The van der Waals surface area contributed by atoms with Crippen LogP contribution in [0.25, 0.3) is 0 Å². The number of anilines is 2. The van der Waals surface area contributed by atoms with Crippen LogP contribution < -0.4 is 10.3 Å². The Labute approximate surface area is 151 Å². The van der Waals surface area contributed by atoms with Crippen LogP contribution in [0, 0.1) is 0 Å². The molecule has 0 bridgehead atoms. The zero-order valence-electron chi connectivity index (χ0n) is 15.8. The van der Waals surface area contributed by atoms with E-state index in [0.717, 1.165) is 17.8 Å². The average Bonchev–Trinajstić information content (AvgIpc) is 2.59. The lowest BCUT2D eigenvalue weighted by Gasteiger charge is -2.47. The predicted molar refractivity (Wildman–Crippen MR) is 109 cm³/mol. The molecular formula is C22H29N3. The molecule has 2 aromatic carbocycles. The zero-order valence-corrected chi connectivity index (χ0v) is 15.8. The Kier molecular flexibility index (Phi) is 5.12. The first kappa shape index (κ1) is 17.5. The van der Waals surface area contributed by atoms with Gasteiger partial charge in [0.15, 0.2) is 0 Å². The zero-order chi connectivity index (χ0) is 17.9. The summed E-state index contributed by atoms with van der Waals surface area (Å²) in [5, 5.41) is 4.38. The summed E-state index contributed by atoms with van der Waals surface area (Å²) in [5.41, 5.74) is 8.27. The highest BCUT2D eigenvalue weighted by molar-refractivity contribution is 5.82. The van der Waals surface area contributed by atoms with Crippen molar-refractivity contribution in [1.29, 1.82) is 0 Å². The number of benzene rings is 2. The van der Waals surface area contributed by atoms with Gasteiger partial charge >= 0.3 is 0 Å². The molecule has 1 heterocycles. The molecule has 0 radical (unpaired) electrons. The Bertz CT molecular complexity index is 734. The lowest BCUT2D eigenvalue weighted by molar-refractivity contribution is 0.376. The van der Waals surface area contributed by atoms with Gasteiger partial charge in [0.25, 0.3) is 0 Å². The fourth-order valence-electron chi connectivity index (χ4n) is 3.93. The van der Waals surface area contributed by atoms with Crippen molar-refractivity contribution >= 4 is 17.6 Å². The van der Waals surface area contributed by atoms with Gasteiger partial charge in [-0.1, -0.05) is 38.1 Å². The van der Waals surface area contributed by atoms with Crippen LogP contribution in [0.15, 0.2) is 53.6 Å². The van der Waals surface area contributed by atoms with Crippen LogP contribution in [-0.2, 0) is 0 Å². The molecule has 0 spiro atoms. The molecule has 0 fully saturated rings. The lowest BCUT2D eigenvalue weighted by Crippen LogP contribution is -2.48. The molecule has 25 heavy (non-hydrogen) atoms. The first-order chi connectivity index (χ1) is 12.0. The second-order valence-corrected chi connectivity index (χ2v) is 7.62. The summed E-state index contributed by atoms with van der Waals surface area (Å²) in [5.74, 6) is 0.563. The number of para-hydroxylation sites is 1. The molecule has 3 heteroatoms. The van der Waals surface area contributed by atoms with Crippen molar-refractivity contribution in [1.82, 2.24) is 0 Å². The third-order valence-electron chi connectivity index (χ3n) is 5.04. The highest BCUT2D eigenvalue weighted by Crippen LogP contribution is 2.43. The molecule has 0 amide bonds. The van der Waals surface area contributed by atoms with Crippen molar-refractivity contribution in [3.8, 4) is 0 Å². The van der Waals surface area contributed by atoms with Crippen molar-refractivity contribution in [3.05, 3.63) is 59.7 Å². The van der Waals surface area contributed by atoms with E-state index in [1.807, 2.05) is 36.5 Å². The van der Waals surface area contributed by atoms with Gasteiger partial charge in [-0.05, 0) is 68.0 Å². The van der Waals surface area contributed by atoms with Gasteiger partial charge in [0.2, 0.25) is 0 Å². The Hall–Kier alpha value is -2.29. The molecule has 3 nitrogen and oxygen atoms in total. The molecular weight excluding hydrogens is 306 g/mol. The van der Waals surface area contributed by atoms with E-state index < -0.39 is 0 Å². The van der Waals surface area contributed by atoms with Crippen molar-refractivity contribution < 1.29 is 0 Å². The summed E-state index contributed by atoms with van der Waals surface area (Å²) < 4.78 is 0. The third kappa shape index (κ3) is 3.87. The van der Waals surface area contributed by atoms with E-state index in [1.54, 1.807) is 0 Å². The van der Waals surface area contributed by atoms with Gasteiger partial charge in [0, 0.05) is 17.8 Å². The smallest absolute Gasteiger partial charge is 0.0561 e. The number of fused-ring (bicyclic) bond motifs is 1. The maximum atomic E-state index is 4.38. The van der Waals surface area contributed by atoms with Crippen LogP contribution in [0.1, 0.15) is 57.6 Å². The van der Waals surface area contributed by atoms with E-state index in [9.17, 15) is 0 Å². The Balaban J connectivity index is 1.82. The van der Waals surface area contributed by atoms with Crippen LogP contribution in [0.4, 0.5) is 11.4 Å². The summed E-state index contributed by atoms with van der Waals surface area (Å²) in [6.45, 7) is 10.4. The molecule has 0 saturated carbocycles. The molecule has 1 aliphatic rings. The van der Waals surface area contributed by atoms with Crippen LogP contribution in [-0.4, -0.2) is 18.3 Å². The quantitative estimate of drug-likeness (QED) is 0.566. The molecule has 0 saturated heterocycles. The minimum Gasteiger partial charge on any atom is -0.366 e. The van der Waals surface area contributed by atoms with Crippen LogP contribution in [0.2, 0.25) is 0 Å². The normalized spacial score (nSPS) is 19.0. The van der Waals surface area contributed by atoms with Crippen molar-refractivity contribution in [2.45, 2.75) is 52.0 Å². The number of hydrazone groups is 1. The van der Waals surface area contributed by atoms with Gasteiger partial charge in [0.05, 0.1) is 11.9 Å². The highest BCUT2D eigenvalue weighted by Gasteiger charge is 2.35. The number of hydrogen-bond acceptors (Lipinski definition) is 3. The average molecular weight is 335 g/mol. The van der Waals surface area contributed by atoms with E-state index in [4.69, 9.17) is 0 Å². The van der Waals surface area contributed by atoms with E-state index >= 15 is 0 Å². The summed E-state index contributed by atoms with van der Waals surface area (Å²) in [4.78, 5) is 2.57. The fourth-order valence-corrected chi connectivity index (χ4v) is 3.93. The van der Waals surface area contributed by atoms with Crippen LogP contribution >= 0.6 is 0 Å². The van der Waals surface area contributed by atoms with Gasteiger partial charge < -0.3 is 4.90 Å². The topological polar surface area (TPSA) is 27.6 Å². The maximum absolute atomic E-state index is 4.38. The van der Waals surface area contributed by atoms with E-state index in [-0.39, 0.29) is 5.54 Å². The van der Waals surface area contributed by atoms with E-state index in [0.29, 0.717) is 5.92 Å². The highest BCUT2D eigenvalue weighted by atomic mass is 15.3. The Morgan fingerprint density at radius 1 is 1.20 bits per heavy atom. The van der Waals surface area contributed by atoms with Gasteiger partial charge in [-0.15, -0.1) is 0 Å². The van der Waals surface area contributed by atoms with E-state index in [1.165, 1.54) is 24.1 Å². The number of nitrogens with zero attached hydrogens (tertiary/aromatic N) is 2. The monoisotopic (exact) mass is 335 g/mol. The first-order valence-electron chi connectivity index (χ1n) is 9.27. The molecule has 0 aliphatic carbocycles. The van der Waals surface area contributed by atoms with Crippen molar-refractivity contribution in [3.63, 3.8) is 0 Å². The second kappa shape index (κ2) is 7.30. The fraction of sp³-hybridized carbons (Fsp3) is 0.409. The molecule has 2 aromatic rings. The third-order valence-corrected chi connectivity index (χ3v) is 5.04. The minimum atomic E-state index is 0.215. The first-order valence-corrected chi connectivity index (χ1v) is 9.27. The minimum absolute atomic E-state index is 0.215. The second-order valence-electron chi connectivity index (χ2n) is 7.62. The lowest BCUT2D eigenvalue weighted by atomic mass is 9.79. The summed E-state index contributed by atoms with van der Waals surface area (Å²) in [7, 11) is 0. The summed E-state index contributed by atoms with van der Waals surface area (Å²) in [6, 6.07) is 16.8.